The summed E-state index contributed by atoms with van der Waals surface area (Å²) in [5.41, 5.74) is 6.57. The highest BCUT2D eigenvalue weighted by atomic mass is 32.2. The Morgan fingerprint density at radius 1 is 0.957 bits per heavy atom. The van der Waals surface area contributed by atoms with Gasteiger partial charge >= 0.3 is 0 Å². The Morgan fingerprint density at radius 2 is 1.68 bits per heavy atom. The summed E-state index contributed by atoms with van der Waals surface area (Å²) in [5, 5.41) is 18.1. The van der Waals surface area contributed by atoms with Crippen LogP contribution in [0.25, 0.3) is 10.8 Å². The molecular weight excluding hydrogens is 621 g/mol. The van der Waals surface area contributed by atoms with Crippen molar-refractivity contribution in [3.8, 4) is 0 Å². The molecule has 5 N–H and O–H groups in total. The number of nitrogen functional groups attached to an aromatic ring is 1. The number of unbranched alkanes of at least 4 members (excludes halogenated alkanes) is 1. The SMILES string of the molecule is CC(C)CN(C(CO)CCCCNC(=O)C(CNC(=O)c1ccncc1)c1ccc2ccccc2c1)S(=O)(=O)c1ccc(F)c(N)c1. The maximum absolute atomic E-state index is 13.8. The van der Waals surface area contributed by atoms with Gasteiger partial charge in [0.15, 0.2) is 0 Å². The smallest absolute Gasteiger partial charge is 0.251 e. The Labute approximate surface area is 275 Å². The molecule has 1 aromatic heterocycles. The first-order chi connectivity index (χ1) is 22.5. The summed E-state index contributed by atoms with van der Waals surface area (Å²) >= 11 is 0. The predicted molar refractivity (Wildman–Crippen MR) is 181 cm³/mol. The molecule has 250 valence electrons. The Kier molecular flexibility index (Phi) is 12.4. The Hall–Kier alpha value is -4.39. The molecule has 0 saturated carbocycles. The summed E-state index contributed by atoms with van der Waals surface area (Å²) < 4.78 is 42.1. The van der Waals surface area contributed by atoms with Crippen LogP contribution in [0.2, 0.25) is 0 Å². The number of benzene rings is 3. The van der Waals surface area contributed by atoms with Crippen LogP contribution in [-0.2, 0) is 14.8 Å². The second kappa shape index (κ2) is 16.4. The molecule has 0 fully saturated rings. The van der Waals surface area contributed by atoms with Crippen molar-refractivity contribution in [1.82, 2.24) is 19.9 Å². The number of carbonyl (C=O) groups is 2. The number of fused-ring (bicyclic) bond motifs is 1. The van der Waals surface area contributed by atoms with Crippen molar-refractivity contribution in [3.63, 3.8) is 0 Å². The van der Waals surface area contributed by atoms with Gasteiger partial charge in [-0.25, -0.2) is 12.8 Å². The summed E-state index contributed by atoms with van der Waals surface area (Å²) in [6, 6.07) is 19.4. The third kappa shape index (κ3) is 9.34. The van der Waals surface area contributed by atoms with E-state index in [4.69, 9.17) is 5.73 Å². The number of pyridine rings is 1. The van der Waals surface area contributed by atoms with Crippen LogP contribution in [0.5, 0.6) is 0 Å². The van der Waals surface area contributed by atoms with Crippen LogP contribution in [0.1, 0.15) is 54.9 Å². The first-order valence-corrected chi connectivity index (χ1v) is 17.1. The Balaban J connectivity index is 1.40. The highest BCUT2D eigenvalue weighted by Crippen LogP contribution is 2.26. The monoisotopic (exact) mass is 663 g/mol. The largest absolute Gasteiger partial charge is 0.396 e. The molecule has 2 atom stereocenters. The zero-order chi connectivity index (χ0) is 34.0. The molecule has 0 aliphatic rings. The van der Waals surface area contributed by atoms with E-state index in [1.807, 2.05) is 56.3 Å². The third-order valence-corrected chi connectivity index (χ3v) is 9.82. The molecule has 0 bridgehead atoms. The van der Waals surface area contributed by atoms with Crippen molar-refractivity contribution in [3.05, 3.63) is 102 Å². The van der Waals surface area contributed by atoms with Gasteiger partial charge < -0.3 is 21.5 Å². The van der Waals surface area contributed by atoms with Crippen LogP contribution in [-0.4, -0.2) is 66.9 Å². The number of aliphatic hydroxyl groups excluding tert-OH is 1. The number of hydrogen-bond donors (Lipinski definition) is 4. The normalized spacial score (nSPS) is 13.1. The summed E-state index contributed by atoms with van der Waals surface area (Å²) in [6.07, 6.45) is 4.43. The average Bonchev–Trinajstić information content (AvgIpc) is 3.06. The highest BCUT2D eigenvalue weighted by Gasteiger charge is 2.32. The van der Waals surface area contributed by atoms with Gasteiger partial charge in [-0.2, -0.15) is 4.31 Å². The quantitative estimate of drug-likeness (QED) is 0.102. The lowest BCUT2D eigenvalue weighted by Crippen LogP contribution is -2.44. The molecule has 2 amide bonds. The Bertz CT molecular complexity index is 1770. The van der Waals surface area contributed by atoms with Crippen LogP contribution in [0.15, 0.2) is 90.1 Å². The van der Waals surface area contributed by atoms with E-state index in [9.17, 15) is 27.5 Å². The van der Waals surface area contributed by atoms with Gasteiger partial charge in [0.05, 0.1) is 23.1 Å². The number of hydrogen-bond acceptors (Lipinski definition) is 7. The number of aliphatic hydroxyl groups is 1. The van der Waals surface area contributed by atoms with Crippen LogP contribution in [0.4, 0.5) is 10.1 Å². The zero-order valence-corrected chi connectivity index (χ0v) is 27.4. The number of nitrogens with zero attached hydrogens (tertiary/aromatic N) is 2. The summed E-state index contributed by atoms with van der Waals surface area (Å²) in [7, 11) is -4.07. The lowest BCUT2D eigenvalue weighted by Gasteiger charge is -2.31. The molecule has 10 nitrogen and oxygen atoms in total. The average molecular weight is 664 g/mol. The van der Waals surface area contributed by atoms with Crippen molar-refractivity contribution in [2.45, 2.75) is 50.0 Å². The third-order valence-electron chi connectivity index (χ3n) is 7.90. The van der Waals surface area contributed by atoms with Crippen LogP contribution >= 0.6 is 0 Å². The number of anilines is 1. The van der Waals surface area contributed by atoms with E-state index >= 15 is 0 Å². The first kappa shape index (κ1) is 35.5. The lowest BCUT2D eigenvalue weighted by atomic mass is 9.95. The van der Waals surface area contributed by atoms with Crippen LogP contribution < -0.4 is 16.4 Å². The number of aromatic nitrogens is 1. The second-order valence-corrected chi connectivity index (χ2v) is 13.8. The van der Waals surface area contributed by atoms with Crippen molar-refractivity contribution >= 4 is 38.3 Å². The van der Waals surface area contributed by atoms with Gasteiger partial charge in [-0.1, -0.05) is 62.7 Å². The molecule has 1 heterocycles. The van der Waals surface area contributed by atoms with E-state index in [0.717, 1.165) is 28.5 Å². The van der Waals surface area contributed by atoms with Crippen molar-refractivity contribution in [1.29, 1.82) is 0 Å². The minimum atomic E-state index is -4.07. The molecule has 2 unspecified atom stereocenters. The summed E-state index contributed by atoms with van der Waals surface area (Å²) in [5.74, 6) is -1.98. The Morgan fingerprint density at radius 3 is 2.36 bits per heavy atom. The molecule has 0 spiro atoms. The molecule has 0 saturated heterocycles. The van der Waals surface area contributed by atoms with E-state index in [2.05, 4.69) is 15.6 Å². The number of rotatable bonds is 16. The lowest BCUT2D eigenvalue weighted by molar-refractivity contribution is -0.122. The fourth-order valence-corrected chi connectivity index (χ4v) is 7.22. The molecular formula is C35H42FN5O5S. The molecule has 3 aromatic carbocycles. The molecule has 0 radical (unpaired) electrons. The number of carbonyl (C=O) groups excluding carboxylic acids is 2. The predicted octanol–water partition coefficient (Wildman–Crippen LogP) is 4.46. The van der Waals surface area contributed by atoms with E-state index in [1.54, 1.807) is 12.1 Å². The van der Waals surface area contributed by atoms with Gasteiger partial charge in [-0.05, 0) is 65.4 Å². The second-order valence-electron chi connectivity index (χ2n) is 11.9. The fourth-order valence-electron chi connectivity index (χ4n) is 5.37. The van der Waals surface area contributed by atoms with Gasteiger partial charge in [0.2, 0.25) is 15.9 Å². The van der Waals surface area contributed by atoms with Crippen LogP contribution in [0.3, 0.4) is 0 Å². The fraction of sp³-hybridized carbons (Fsp3) is 0.343. The van der Waals surface area contributed by atoms with Gasteiger partial charge in [-0.3, -0.25) is 14.6 Å². The van der Waals surface area contributed by atoms with Crippen LogP contribution in [0, 0.1) is 11.7 Å². The van der Waals surface area contributed by atoms with E-state index in [-0.39, 0.29) is 41.4 Å². The minimum Gasteiger partial charge on any atom is -0.396 e. The molecule has 0 aliphatic carbocycles. The summed E-state index contributed by atoms with van der Waals surface area (Å²) in [4.78, 5) is 30.1. The number of nitrogens with one attached hydrogen (secondary N) is 2. The number of amides is 2. The van der Waals surface area contributed by atoms with Gasteiger partial charge in [-0.15, -0.1) is 0 Å². The maximum atomic E-state index is 13.8. The number of sulfonamides is 1. The topological polar surface area (TPSA) is 155 Å². The maximum Gasteiger partial charge on any atom is 0.251 e. The van der Waals surface area contributed by atoms with Gasteiger partial charge in [0, 0.05) is 43.6 Å². The molecule has 47 heavy (non-hydrogen) atoms. The molecule has 4 rings (SSSR count). The number of halogens is 1. The van der Waals surface area contributed by atoms with E-state index in [1.165, 1.54) is 22.8 Å². The van der Waals surface area contributed by atoms with Crippen molar-refractivity contribution < 1.29 is 27.5 Å². The zero-order valence-electron chi connectivity index (χ0n) is 26.6. The first-order valence-electron chi connectivity index (χ1n) is 15.6. The van der Waals surface area contributed by atoms with Gasteiger partial charge in [0.25, 0.3) is 5.91 Å². The molecule has 4 aromatic rings. The highest BCUT2D eigenvalue weighted by molar-refractivity contribution is 7.89. The van der Waals surface area contributed by atoms with E-state index in [0.29, 0.717) is 31.4 Å². The van der Waals surface area contributed by atoms with Gasteiger partial charge in [0.1, 0.15) is 5.82 Å². The molecule has 0 aliphatic heterocycles. The summed E-state index contributed by atoms with van der Waals surface area (Å²) in [6.45, 7) is 3.88. The number of nitrogens with two attached hydrogens (primary N) is 1. The minimum absolute atomic E-state index is 0.0398. The van der Waals surface area contributed by atoms with Crippen molar-refractivity contribution in [2.75, 3.05) is 32.0 Å². The van der Waals surface area contributed by atoms with E-state index < -0.39 is 34.4 Å². The molecule has 12 heteroatoms. The standard InChI is InChI=1S/C35H42FN5O5S/c1-24(2)22-41(47(45,46)30-12-13-32(36)33(37)20-30)29(23-42)9-5-6-16-39-35(44)31(21-40-34(43)26-14-17-38-18-15-26)28-11-10-25-7-3-4-8-27(25)19-28/h3-4,7-8,10-15,17-20,24,29,31,42H,5-6,9,16,21-23,37H2,1-2H3,(H,39,44)(H,40,43). The van der Waals surface area contributed by atoms with Crippen molar-refractivity contribution in [2.24, 2.45) is 5.92 Å².